The van der Waals surface area contributed by atoms with E-state index in [0.717, 1.165) is 11.1 Å². The van der Waals surface area contributed by atoms with Gasteiger partial charge in [-0.25, -0.2) is 4.68 Å². The maximum Gasteiger partial charge on any atom is 0.275 e. The van der Waals surface area contributed by atoms with Gasteiger partial charge in [0, 0.05) is 25.0 Å². The molecule has 0 saturated carbocycles. The summed E-state index contributed by atoms with van der Waals surface area (Å²) in [7, 11) is 0. The average Bonchev–Trinajstić information content (AvgIpc) is 2.69. The molecule has 28 heavy (non-hydrogen) atoms. The molecule has 0 aliphatic rings. The number of carbonyl (C=O) groups excluding carboxylic acids is 1. The van der Waals surface area contributed by atoms with Crippen molar-refractivity contribution in [3.8, 4) is 0 Å². The van der Waals surface area contributed by atoms with Crippen molar-refractivity contribution in [3.05, 3.63) is 75.7 Å². The zero-order valence-corrected chi connectivity index (χ0v) is 17.0. The number of hydrogen-bond donors (Lipinski definition) is 0. The van der Waals surface area contributed by atoms with Gasteiger partial charge in [0.1, 0.15) is 0 Å². The molecule has 0 N–H and O–H groups in total. The van der Waals surface area contributed by atoms with E-state index in [4.69, 9.17) is 0 Å². The van der Waals surface area contributed by atoms with Gasteiger partial charge in [0.2, 0.25) is 0 Å². The molecule has 0 spiro atoms. The molecule has 1 amide bonds. The van der Waals surface area contributed by atoms with Crippen LogP contribution in [-0.2, 0) is 13.1 Å². The van der Waals surface area contributed by atoms with Gasteiger partial charge in [-0.15, -0.1) is 0 Å². The Morgan fingerprint density at radius 1 is 1.07 bits per heavy atom. The van der Waals surface area contributed by atoms with Crippen LogP contribution in [0.3, 0.4) is 0 Å². The van der Waals surface area contributed by atoms with Gasteiger partial charge in [-0.2, -0.15) is 5.10 Å². The number of nitrogens with zero attached hydrogens (tertiary/aromatic N) is 3. The summed E-state index contributed by atoms with van der Waals surface area (Å²) in [6, 6.07) is 15.3. The van der Waals surface area contributed by atoms with Crippen molar-refractivity contribution in [3.63, 3.8) is 0 Å². The minimum Gasteiger partial charge on any atom is -0.333 e. The number of aromatic nitrogens is 2. The molecule has 0 aliphatic carbocycles. The molecule has 0 bridgehead atoms. The summed E-state index contributed by atoms with van der Waals surface area (Å²) in [6.45, 7) is 9.62. The molecule has 2 aromatic carbocycles. The number of amides is 1. The number of fused-ring (bicyclic) bond motifs is 1. The molecular formula is C23H27N3O2. The zero-order chi connectivity index (χ0) is 20.3. The van der Waals surface area contributed by atoms with Crippen molar-refractivity contribution < 1.29 is 4.79 Å². The van der Waals surface area contributed by atoms with Gasteiger partial charge in [-0.3, -0.25) is 9.59 Å². The lowest BCUT2D eigenvalue weighted by molar-refractivity contribution is 0.0745. The van der Waals surface area contributed by atoms with E-state index in [2.05, 4.69) is 5.10 Å². The molecule has 0 unspecified atom stereocenters. The third kappa shape index (κ3) is 3.98. The highest BCUT2D eigenvalue weighted by Gasteiger charge is 2.22. The van der Waals surface area contributed by atoms with Gasteiger partial charge in [0.15, 0.2) is 5.69 Å². The van der Waals surface area contributed by atoms with E-state index in [1.807, 2.05) is 64.1 Å². The average molecular weight is 377 g/mol. The third-order valence-corrected chi connectivity index (χ3v) is 4.90. The molecule has 0 saturated heterocycles. The Hall–Kier alpha value is -2.95. The predicted molar refractivity (Wildman–Crippen MR) is 112 cm³/mol. The fourth-order valence-electron chi connectivity index (χ4n) is 3.33. The number of benzene rings is 2. The normalized spacial score (nSPS) is 11.2. The summed E-state index contributed by atoms with van der Waals surface area (Å²) in [5.74, 6) is 0.100. The fourth-order valence-corrected chi connectivity index (χ4v) is 3.33. The Morgan fingerprint density at radius 3 is 2.36 bits per heavy atom. The fraction of sp³-hybridized carbons (Fsp3) is 0.348. The minimum atomic E-state index is -0.153. The number of hydrogen-bond acceptors (Lipinski definition) is 3. The maximum atomic E-state index is 13.4. The van der Waals surface area contributed by atoms with Crippen molar-refractivity contribution >= 4 is 16.7 Å². The van der Waals surface area contributed by atoms with Gasteiger partial charge in [0.05, 0.1) is 5.39 Å². The van der Waals surface area contributed by atoms with Crippen LogP contribution in [0.5, 0.6) is 0 Å². The van der Waals surface area contributed by atoms with Crippen LogP contribution in [0.25, 0.3) is 10.8 Å². The van der Waals surface area contributed by atoms with E-state index in [1.54, 1.807) is 17.0 Å². The second kappa shape index (κ2) is 8.38. The minimum absolute atomic E-state index is 0.150. The molecule has 146 valence electrons. The molecule has 0 fully saturated rings. The first-order valence-electron chi connectivity index (χ1n) is 9.76. The summed E-state index contributed by atoms with van der Waals surface area (Å²) in [6.07, 6.45) is 0. The van der Waals surface area contributed by atoms with Gasteiger partial charge in [-0.05, 0) is 37.0 Å². The van der Waals surface area contributed by atoms with Gasteiger partial charge < -0.3 is 4.90 Å². The van der Waals surface area contributed by atoms with Gasteiger partial charge in [0.25, 0.3) is 11.5 Å². The predicted octanol–water partition coefficient (Wildman–Crippen LogP) is 4.02. The van der Waals surface area contributed by atoms with Crippen molar-refractivity contribution in [1.29, 1.82) is 0 Å². The van der Waals surface area contributed by atoms with E-state index in [0.29, 0.717) is 36.1 Å². The third-order valence-electron chi connectivity index (χ3n) is 4.90. The lowest BCUT2D eigenvalue weighted by Gasteiger charge is -2.23. The molecule has 0 aliphatic heterocycles. The highest BCUT2D eigenvalue weighted by atomic mass is 16.2. The van der Waals surface area contributed by atoms with Crippen LogP contribution in [0.4, 0.5) is 0 Å². The molecule has 5 heteroatoms. The quantitative estimate of drug-likeness (QED) is 0.652. The smallest absolute Gasteiger partial charge is 0.275 e. The highest BCUT2D eigenvalue weighted by molar-refractivity contribution is 6.04. The largest absolute Gasteiger partial charge is 0.333 e. The van der Waals surface area contributed by atoms with E-state index < -0.39 is 0 Å². The lowest BCUT2D eigenvalue weighted by atomic mass is 10.1. The Balaban J connectivity index is 2.07. The SMILES string of the molecule is CCN(Cc1ccccc1C)C(=O)c1nn(CC(C)C)c(=O)c2ccccc12. The molecule has 0 atom stereocenters. The van der Waals surface area contributed by atoms with Crippen LogP contribution in [0.2, 0.25) is 0 Å². The monoisotopic (exact) mass is 377 g/mol. The molecule has 1 aromatic heterocycles. The first-order valence-corrected chi connectivity index (χ1v) is 9.76. The first-order chi connectivity index (χ1) is 13.4. The maximum absolute atomic E-state index is 13.4. The summed E-state index contributed by atoms with van der Waals surface area (Å²) in [4.78, 5) is 28.0. The summed E-state index contributed by atoms with van der Waals surface area (Å²) < 4.78 is 1.43. The number of carbonyl (C=O) groups is 1. The van der Waals surface area contributed by atoms with E-state index in [-0.39, 0.29) is 17.4 Å². The zero-order valence-electron chi connectivity index (χ0n) is 17.0. The van der Waals surface area contributed by atoms with E-state index >= 15 is 0 Å². The second-order valence-electron chi connectivity index (χ2n) is 7.52. The molecule has 0 radical (unpaired) electrons. The Kier molecular flexibility index (Phi) is 5.93. The summed E-state index contributed by atoms with van der Waals surface area (Å²) >= 11 is 0. The van der Waals surface area contributed by atoms with Crippen LogP contribution in [0, 0.1) is 12.8 Å². The number of rotatable bonds is 6. The topological polar surface area (TPSA) is 55.2 Å². The highest BCUT2D eigenvalue weighted by Crippen LogP contribution is 2.18. The van der Waals surface area contributed by atoms with Crippen LogP contribution in [0.1, 0.15) is 42.4 Å². The lowest BCUT2D eigenvalue weighted by Crippen LogP contribution is -2.34. The second-order valence-corrected chi connectivity index (χ2v) is 7.52. The van der Waals surface area contributed by atoms with E-state index in [1.165, 1.54) is 4.68 Å². The van der Waals surface area contributed by atoms with Gasteiger partial charge >= 0.3 is 0 Å². The molecule has 3 aromatic rings. The van der Waals surface area contributed by atoms with Crippen LogP contribution < -0.4 is 5.56 Å². The standard InChI is InChI=1S/C23H27N3O2/c1-5-25(15-18-11-7-6-10-17(18)4)23(28)21-19-12-8-9-13-20(19)22(27)26(24-21)14-16(2)3/h6-13,16H,5,14-15H2,1-4H3. The first kappa shape index (κ1) is 19.8. The molecule has 1 heterocycles. The van der Waals surface area contributed by atoms with Crippen molar-refractivity contribution in [2.45, 2.75) is 40.8 Å². The summed E-state index contributed by atoms with van der Waals surface area (Å²) in [5, 5.41) is 5.63. The van der Waals surface area contributed by atoms with E-state index in [9.17, 15) is 9.59 Å². The molecular weight excluding hydrogens is 350 g/mol. The molecule has 3 rings (SSSR count). The molecule has 5 nitrogen and oxygen atoms in total. The van der Waals surface area contributed by atoms with Crippen molar-refractivity contribution in [2.75, 3.05) is 6.54 Å². The summed E-state index contributed by atoms with van der Waals surface area (Å²) in [5.41, 5.74) is 2.45. The Morgan fingerprint density at radius 2 is 1.71 bits per heavy atom. The van der Waals surface area contributed by atoms with Crippen LogP contribution in [0.15, 0.2) is 53.3 Å². The van der Waals surface area contributed by atoms with Crippen LogP contribution >= 0.6 is 0 Å². The van der Waals surface area contributed by atoms with Crippen LogP contribution in [-0.4, -0.2) is 27.1 Å². The Bertz CT molecular complexity index is 1050. The van der Waals surface area contributed by atoms with Crippen molar-refractivity contribution in [1.82, 2.24) is 14.7 Å². The Labute approximate surface area is 165 Å². The van der Waals surface area contributed by atoms with Crippen molar-refractivity contribution in [2.24, 2.45) is 5.92 Å². The number of aryl methyl sites for hydroxylation is 1. The van der Waals surface area contributed by atoms with Gasteiger partial charge in [-0.1, -0.05) is 56.3 Å².